The summed E-state index contributed by atoms with van der Waals surface area (Å²) in [5, 5.41) is 7.81. The van der Waals surface area contributed by atoms with Crippen LogP contribution < -0.4 is 0 Å². The molecule has 0 aliphatic carbocycles. The van der Waals surface area contributed by atoms with Gasteiger partial charge in [0.1, 0.15) is 0 Å². The first-order chi connectivity index (χ1) is 12.4. The van der Waals surface area contributed by atoms with Gasteiger partial charge < -0.3 is 4.98 Å². The van der Waals surface area contributed by atoms with Crippen molar-refractivity contribution in [2.75, 3.05) is 19.6 Å². The highest BCUT2D eigenvalue weighted by molar-refractivity contribution is 5.16. The maximum atomic E-state index is 4.54. The molecule has 0 aromatic carbocycles. The molecule has 142 valence electrons. The standard InChI is InChI=1S/C20H32N6/c1-14-18(22-13-21-14)12-25-8-15-5-6-17(11-25)26(9-15)10-16-7-19(24-23-16)20(2,3)4/h7,13,15,17H,5-6,8-12H2,1-4H3,(H,21,22)(H,23,24)/t15-,17+/m0/s1. The minimum atomic E-state index is 0.102. The number of fused-ring (bicyclic) bond motifs is 4. The van der Waals surface area contributed by atoms with Gasteiger partial charge in [-0.2, -0.15) is 5.10 Å². The third kappa shape index (κ3) is 3.71. The molecule has 26 heavy (non-hydrogen) atoms. The first kappa shape index (κ1) is 17.7. The lowest BCUT2D eigenvalue weighted by Gasteiger charge is -2.35. The van der Waals surface area contributed by atoms with Crippen molar-refractivity contribution in [3.05, 3.63) is 35.2 Å². The Hall–Kier alpha value is -1.66. The maximum Gasteiger partial charge on any atom is 0.0925 e. The van der Waals surface area contributed by atoms with Crippen molar-refractivity contribution in [2.24, 2.45) is 5.92 Å². The van der Waals surface area contributed by atoms with E-state index in [1.54, 1.807) is 0 Å². The van der Waals surface area contributed by atoms with Crippen LogP contribution in [-0.2, 0) is 18.5 Å². The molecule has 5 heterocycles. The average Bonchev–Trinajstić information content (AvgIpc) is 3.10. The summed E-state index contributed by atoms with van der Waals surface area (Å²) in [6.45, 7) is 14.3. The van der Waals surface area contributed by atoms with Gasteiger partial charge in [-0.3, -0.25) is 14.9 Å². The molecule has 3 aliphatic rings. The minimum Gasteiger partial charge on any atom is -0.348 e. The third-order valence-corrected chi connectivity index (χ3v) is 5.98. The lowest BCUT2D eigenvalue weighted by Crippen LogP contribution is -2.43. The van der Waals surface area contributed by atoms with Gasteiger partial charge in [0, 0.05) is 55.6 Å². The second-order valence-corrected chi connectivity index (χ2v) is 9.22. The Labute approximate surface area is 156 Å². The highest BCUT2D eigenvalue weighted by atomic mass is 15.3. The van der Waals surface area contributed by atoms with Gasteiger partial charge >= 0.3 is 0 Å². The Morgan fingerprint density at radius 1 is 1.15 bits per heavy atom. The molecule has 0 unspecified atom stereocenters. The van der Waals surface area contributed by atoms with Crippen molar-refractivity contribution >= 4 is 0 Å². The summed E-state index contributed by atoms with van der Waals surface area (Å²) in [6, 6.07) is 2.89. The summed E-state index contributed by atoms with van der Waals surface area (Å²) in [6.07, 6.45) is 4.48. The van der Waals surface area contributed by atoms with Crippen molar-refractivity contribution in [3.63, 3.8) is 0 Å². The largest absolute Gasteiger partial charge is 0.348 e. The lowest BCUT2D eigenvalue weighted by molar-refractivity contribution is 0.121. The van der Waals surface area contributed by atoms with Crippen LogP contribution in [0.2, 0.25) is 0 Å². The minimum absolute atomic E-state index is 0.102. The Bertz CT molecular complexity index is 740. The predicted octanol–water partition coefficient (Wildman–Crippen LogP) is 2.84. The Morgan fingerprint density at radius 3 is 2.69 bits per heavy atom. The van der Waals surface area contributed by atoms with Gasteiger partial charge in [-0.1, -0.05) is 20.8 Å². The lowest BCUT2D eigenvalue weighted by atomic mass is 9.92. The number of piperidine rings is 1. The topological polar surface area (TPSA) is 63.8 Å². The van der Waals surface area contributed by atoms with E-state index in [0.717, 1.165) is 31.2 Å². The summed E-state index contributed by atoms with van der Waals surface area (Å²) in [7, 11) is 0. The Balaban J connectivity index is 1.43. The van der Waals surface area contributed by atoms with Gasteiger partial charge in [0.15, 0.2) is 0 Å². The fourth-order valence-corrected chi connectivity index (χ4v) is 4.40. The van der Waals surface area contributed by atoms with Crippen LogP contribution in [0, 0.1) is 12.8 Å². The molecule has 2 aromatic rings. The van der Waals surface area contributed by atoms with Gasteiger partial charge in [-0.15, -0.1) is 0 Å². The van der Waals surface area contributed by atoms with Crippen molar-refractivity contribution in [3.8, 4) is 0 Å². The maximum absolute atomic E-state index is 4.54. The molecule has 3 saturated heterocycles. The molecule has 0 saturated carbocycles. The molecule has 6 heteroatoms. The highest BCUT2D eigenvalue weighted by Crippen LogP contribution is 2.30. The molecule has 0 spiro atoms. The normalized spacial score (nSPS) is 24.9. The summed E-state index contributed by atoms with van der Waals surface area (Å²) >= 11 is 0. The van der Waals surface area contributed by atoms with Crippen molar-refractivity contribution < 1.29 is 0 Å². The molecule has 6 nitrogen and oxygen atoms in total. The van der Waals surface area contributed by atoms with Crippen molar-refractivity contribution in [2.45, 2.75) is 65.1 Å². The summed E-state index contributed by atoms with van der Waals surface area (Å²) in [5.74, 6) is 0.762. The first-order valence-electron chi connectivity index (χ1n) is 9.88. The van der Waals surface area contributed by atoms with E-state index in [0.29, 0.717) is 6.04 Å². The van der Waals surface area contributed by atoms with Crippen LogP contribution in [0.1, 0.15) is 56.4 Å². The molecule has 3 fully saturated rings. The second-order valence-electron chi connectivity index (χ2n) is 9.22. The third-order valence-electron chi connectivity index (χ3n) is 5.98. The molecule has 0 amide bonds. The van der Waals surface area contributed by atoms with E-state index < -0.39 is 0 Å². The summed E-state index contributed by atoms with van der Waals surface area (Å²) < 4.78 is 0. The first-order valence-corrected chi connectivity index (χ1v) is 9.88. The molecule has 2 bridgehead atoms. The van der Waals surface area contributed by atoms with Crippen LogP contribution in [0.15, 0.2) is 12.4 Å². The smallest absolute Gasteiger partial charge is 0.0925 e. The van der Waals surface area contributed by atoms with Crippen molar-refractivity contribution in [1.29, 1.82) is 0 Å². The zero-order valence-electron chi connectivity index (χ0n) is 16.5. The van der Waals surface area contributed by atoms with E-state index in [1.165, 1.54) is 43.0 Å². The van der Waals surface area contributed by atoms with Crippen molar-refractivity contribution in [1.82, 2.24) is 30.0 Å². The number of nitrogens with one attached hydrogen (secondary N) is 2. The van der Waals surface area contributed by atoms with E-state index in [1.807, 2.05) is 6.33 Å². The number of aromatic nitrogens is 4. The second kappa shape index (κ2) is 6.82. The predicted molar refractivity (Wildman–Crippen MR) is 103 cm³/mol. The van der Waals surface area contributed by atoms with E-state index in [2.05, 4.69) is 63.7 Å². The van der Waals surface area contributed by atoms with Crippen LogP contribution >= 0.6 is 0 Å². The number of hydrogen-bond donors (Lipinski definition) is 2. The van der Waals surface area contributed by atoms with Crippen LogP contribution in [0.5, 0.6) is 0 Å². The van der Waals surface area contributed by atoms with Gasteiger partial charge in [0.25, 0.3) is 0 Å². The van der Waals surface area contributed by atoms with E-state index in [9.17, 15) is 0 Å². The molecule has 5 rings (SSSR count). The number of aryl methyl sites for hydroxylation is 1. The number of imidazole rings is 1. The summed E-state index contributed by atoms with van der Waals surface area (Å²) in [4.78, 5) is 13.0. The van der Waals surface area contributed by atoms with E-state index in [-0.39, 0.29) is 5.41 Å². The fraction of sp³-hybridized carbons (Fsp3) is 0.700. The molecule has 2 atom stereocenters. The number of rotatable bonds is 4. The number of aromatic amines is 2. The van der Waals surface area contributed by atoms with Gasteiger partial charge in [0.05, 0.1) is 17.7 Å². The van der Waals surface area contributed by atoms with Gasteiger partial charge in [0.2, 0.25) is 0 Å². The highest BCUT2D eigenvalue weighted by Gasteiger charge is 2.35. The quantitative estimate of drug-likeness (QED) is 0.884. The SMILES string of the molecule is Cc1[nH]cnc1CN1C[C@@H]2CC[C@H](C1)N(Cc1cc(C(C)(C)C)n[nH]1)C2. The molecular weight excluding hydrogens is 324 g/mol. The molecular formula is C20H32N6. The Morgan fingerprint density at radius 2 is 2.00 bits per heavy atom. The fourth-order valence-electron chi connectivity index (χ4n) is 4.40. The summed E-state index contributed by atoms with van der Waals surface area (Å²) in [5.41, 5.74) is 4.90. The zero-order chi connectivity index (χ0) is 18.3. The molecule has 0 radical (unpaired) electrons. The van der Waals surface area contributed by atoms with E-state index in [4.69, 9.17) is 0 Å². The number of H-pyrrole nitrogens is 2. The van der Waals surface area contributed by atoms with Gasteiger partial charge in [-0.05, 0) is 31.7 Å². The average molecular weight is 357 g/mol. The molecule has 3 aliphatic heterocycles. The van der Waals surface area contributed by atoms with E-state index >= 15 is 0 Å². The Kier molecular flexibility index (Phi) is 4.65. The monoisotopic (exact) mass is 356 g/mol. The number of hydrogen-bond acceptors (Lipinski definition) is 4. The van der Waals surface area contributed by atoms with Gasteiger partial charge in [-0.25, -0.2) is 4.98 Å². The zero-order valence-corrected chi connectivity index (χ0v) is 16.5. The van der Waals surface area contributed by atoms with Crippen LogP contribution in [0.3, 0.4) is 0 Å². The van der Waals surface area contributed by atoms with Crippen LogP contribution in [0.4, 0.5) is 0 Å². The van der Waals surface area contributed by atoms with Crippen LogP contribution in [-0.4, -0.2) is 55.6 Å². The molecule has 2 aromatic heterocycles. The molecule has 2 N–H and O–H groups in total. The number of nitrogens with zero attached hydrogens (tertiary/aromatic N) is 4. The van der Waals surface area contributed by atoms with Crippen LogP contribution in [0.25, 0.3) is 0 Å².